The number of fused-ring (bicyclic) bond motifs is 1. The summed E-state index contributed by atoms with van der Waals surface area (Å²) >= 11 is 0. The monoisotopic (exact) mass is 336 g/mol. The number of phenolic OH excluding ortho intramolecular Hbond substituents is 3. The Morgan fingerprint density at radius 3 is 2.29 bits per heavy atom. The van der Waals surface area contributed by atoms with E-state index in [1.807, 2.05) is 0 Å². The second kappa shape index (κ2) is 5.30. The van der Waals surface area contributed by atoms with Gasteiger partial charge in [-0.25, -0.2) is 0 Å². The first-order chi connectivity index (χ1) is 11.2. The Labute approximate surface area is 134 Å². The highest BCUT2D eigenvalue weighted by Crippen LogP contribution is 2.38. The van der Waals surface area contributed by atoms with Crippen LogP contribution in [0.2, 0.25) is 0 Å². The summed E-state index contributed by atoms with van der Waals surface area (Å²) in [6.45, 7) is 0. The molecule has 0 atom stereocenters. The SMILES string of the molecule is O=C1C(=Cc2ccc(O)c(C(F)(F)F)c2)Cc2cc(O)c(O)cc21. The quantitative estimate of drug-likeness (QED) is 0.549. The van der Waals surface area contributed by atoms with Crippen LogP contribution in [0.1, 0.15) is 27.0 Å². The van der Waals surface area contributed by atoms with Crippen molar-refractivity contribution < 1.29 is 33.3 Å². The van der Waals surface area contributed by atoms with E-state index in [2.05, 4.69) is 0 Å². The van der Waals surface area contributed by atoms with Crippen LogP contribution in [0.4, 0.5) is 13.2 Å². The number of allylic oxidation sites excluding steroid dienone is 1. The van der Waals surface area contributed by atoms with E-state index in [-0.39, 0.29) is 28.9 Å². The van der Waals surface area contributed by atoms with Gasteiger partial charge in [-0.3, -0.25) is 4.79 Å². The summed E-state index contributed by atoms with van der Waals surface area (Å²) in [7, 11) is 0. The first-order valence-corrected chi connectivity index (χ1v) is 6.87. The molecule has 0 saturated heterocycles. The van der Waals surface area contributed by atoms with Gasteiger partial charge in [-0.2, -0.15) is 13.2 Å². The number of phenols is 3. The number of benzene rings is 2. The molecule has 7 heteroatoms. The molecule has 4 nitrogen and oxygen atoms in total. The van der Waals surface area contributed by atoms with Gasteiger partial charge >= 0.3 is 6.18 Å². The number of Topliss-reactive ketones (excluding diaryl/α,β-unsaturated/α-hetero) is 1. The average molecular weight is 336 g/mol. The zero-order valence-corrected chi connectivity index (χ0v) is 12.1. The number of hydrogen-bond donors (Lipinski definition) is 3. The predicted molar refractivity (Wildman–Crippen MR) is 78.9 cm³/mol. The Morgan fingerprint density at radius 2 is 1.62 bits per heavy atom. The van der Waals surface area contributed by atoms with E-state index >= 15 is 0 Å². The van der Waals surface area contributed by atoms with Crippen molar-refractivity contribution >= 4 is 11.9 Å². The summed E-state index contributed by atoms with van der Waals surface area (Å²) in [5.74, 6) is -2.12. The van der Waals surface area contributed by atoms with Gasteiger partial charge in [-0.1, -0.05) is 6.07 Å². The van der Waals surface area contributed by atoms with Crippen LogP contribution < -0.4 is 0 Å². The van der Waals surface area contributed by atoms with E-state index in [0.717, 1.165) is 18.2 Å². The third-order valence-electron chi connectivity index (χ3n) is 3.78. The van der Waals surface area contributed by atoms with Crippen molar-refractivity contribution in [1.82, 2.24) is 0 Å². The predicted octanol–water partition coefficient (Wildman–Crippen LogP) is 3.64. The largest absolute Gasteiger partial charge is 0.507 e. The molecule has 1 aliphatic carbocycles. The van der Waals surface area contributed by atoms with Crippen LogP contribution in [0.25, 0.3) is 6.08 Å². The fourth-order valence-corrected chi connectivity index (χ4v) is 2.62. The normalized spacial score (nSPS) is 15.8. The van der Waals surface area contributed by atoms with Gasteiger partial charge in [0.2, 0.25) is 0 Å². The molecule has 2 aromatic rings. The zero-order chi connectivity index (χ0) is 17.6. The lowest BCUT2D eigenvalue weighted by molar-refractivity contribution is -0.138. The molecule has 0 unspecified atom stereocenters. The molecule has 124 valence electrons. The number of aromatic hydroxyl groups is 3. The van der Waals surface area contributed by atoms with Crippen molar-refractivity contribution in [3.8, 4) is 17.2 Å². The molecule has 1 aliphatic rings. The highest BCUT2D eigenvalue weighted by atomic mass is 19.4. The Balaban J connectivity index is 2.01. The summed E-state index contributed by atoms with van der Waals surface area (Å²) < 4.78 is 38.5. The van der Waals surface area contributed by atoms with Gasteiger partial charge in [0.15, 0.2) is 17.3 Å². The van der Waals surface area contributed by atoms with E-state index in [4.69, 9.17) is 0 Å². The minimum Gasteiger partial charge on any atom is -0.507 e. The Hall–Kier alpha value is -2.96. The zero-order valence-electron chi connectivity index (χ0n) is 12.1. The Kier molecular flexibility index (Phi) is 3.51. The minimum atomic E-state index is -4.71. The van der Waals surface area contributed by atoms with Crippen LogP contribution >= 0.6 is 0 Å². The van der Waals surface area contributed by atoms with Gasteiger partial charge in [-0.05, 0) is 41.5 Å². The van der Waals surface area contributed by atoms with Crippen molar-refractivity contribution in [2.45, 2.75) is 12.6 Å². The van der Waals surface area contributed by atoms with Crippen molar-refractivity contribution in [3.63, 3.8) is 0 Å². The van der Waals surface area contributed by atoms with Gasteiger partial charge < -0.3 is 15.3 Å². The second-order valence-electron chi connectivity index (χ2n) is 5.45. The number of hydrogen-bond acceptors (Lipinski definition) is 4. The van der Waals surface area contributed by atoms with E-state index in [9.17, 15) is 33.3 Å². The van der Waals surface area contributed by atoms with E-state index in [1.165, 1.54) is 18.2 Å². The van der Waals surface area contributed by atoms with Gasteiger partial charge in [0.25, 0.3) is 0 Å². The molecule has 2 aromatic carbocycles. The lowest BCUT2D eigenvalue weighted by Gasteiger charge is -2.09. The van der Waals surface area contributed by atoms with Crippen LogP contribution in [-0.4, -0.2) is 21.1 Å². The van der Waals surface area contributed by atoms with E-state index in [1.54, 1.807) is 0 Å². The molecule has 3 rings (SSSR count). The van der Waals surface area contributed by atoms with Crippen LogP contribution in [0.3, 0.4) is 0 Å². The summed E-state index contributed by atoms with van der Waals surface area (Å²) in [5, 5.41) is 28.3. The lowest BCUT2D eigenvalue weighted by Crippen LogP contribution is -2.05. The highest BCUT2D eigenvalue weighted by Gasteiger charge is 2.34. The summed E-state index contributed by atoms with van der Waals surface area (Å²) in [5.41, 5.74) is -0.156. The number of alkyl halides is 3. The smallest absolute Gasteiger partial charge is 0.419 e. The maximum Gasteiger partial charge on any atom is 0.419 e. The van der Waals surface area contributed by atoms with Gasteiger partial charge in [0.05, 0.1) is 5.56 Å². The number of ketones is 1. The number of rotatable bonds is 1. The molecule has 0 aromatic heterocycles. The molecule has 3 N–H and O–H groups in total. The van der Waals surface area contributed by atoms with Crippen molar-refractivity contribution in [3.05, 3.63) is 58.2 Å². The highest BCUT2D eigenvalue weighted by molar-refractivity contribution is 6.15. The second-order valence-corrected chi connectivity index (χ2v) is 5.45. The molecule has 0 heterocycles. The summed E-state index contributed by atoms with van der Waals surface area (Å²) in [6.07, 6.45) is -3.28. The average Bonchev–Trinajstić information content (AvgIpc) is 2.77. The van der Waals surface area contributed by atoms with E-state index in [0.29, 0.717) is 5.56 Å². The number of carbonyl (C=O) groups excluding carboxylic acids is 1. The maximum absolute atomic E-state index is 12.8. The van der Waals surface area contributed by atoms with Gasteiger partial charge in [0, 0.05) is 17.6 Å². The van der Waals surface area contributed by atoms with Crippen molar-refractivity contribution in [1.29, 1.82) is 0 Å². The lowest BCUT2D eigenvalue weighted by atomic mass is 10.0. The molecule has 0 amide bonds. The molecule has 0 aliphatic heterocycles. The molecule has 0 radical (unpaired) electrons. The molecule has 0 spiro atoms. The molecule has 0 fully saturated rings. The Bertz CT molecular complexity index is 882. The third kappa shape index (κ3) is 2.68. The van der Waals surface area contributed by atoms with Crippen molar-refractivity contribution in [2.75, 3.05) is 0 Å². The summed E-state index contributed by atoms with van der Waals surface area (Å²) in [4.78, 5) is 12.3. The maximum atomic E-state index is 12.8. The van der Waals surface area contributed by atoms with Crippen LogP contribution in [0, 0.1) is 0 Å². The van der Waals surface area contributed by atoms with Crippen LogP contribution in [-0.2, 0) is 12.6 Å². The third-order valence-corrected chi connectivity index (χ3v) is 3.78. The fraction of sp³-hybridized carbons (Fsp3) is 0.118. The van der Waals surface area contributed by atoms with Crippen LogP contribution in [0.15, 0.2) is 35.9 Å². The Morgan fingerprint density at radius 1 is 0.958 bits per heavy atom. The fourth-order valence-electron chi connectivity index (χ4n) is 2.62. The first kappa shape index (κ1) is 15.9. The van der Waals surface area contributed by atoms with E-state index < -0.39 is 29.0 Å². The topological polar surface area (TPSA) is 77.8 Å². The molecule has 0 bridgehead atoms. The standard InChI is InChI=1S/C17H11F3O4/c18-17(19,20)12-4-8(1-2-13(12)21)3-10-5-9-6-14(22)15(23)7-11(9)16(10)24/h1-4,6-7,21-23H,5H2. The molecule has 24 heavy (non-hydrogen) atoms. The van der Waals surface area contributed by atoms with Crippen molar-refractivity contribution in [2.24, 2.45) is 0 Å². The number of halogens is 3. The summed E-state index contributed by atoms with van der Waals surface area (Å²) in [6, 6.07) is 5.32. The van der Waals surface area contributed by atoms with Gasteiger partial charge in [-0.15, -0.1) is 0 Å². The first-order valence-electron chi connectivity index (χ1n) is 6.87. The van der Waals surface area contributed by atoms with Gasteiger partial charge in [0.1, 0.15) is 5.75 Å². The van der Waals surface area contributed by atoms with Crippen LogP contribution in [0.5, 0.6) is 17.2 Å². The number of carbonyl (C=O) groups is 1. The minimum absolute atomic E-state index is 0.115. The molecule has 0 saturated carbocycles. The molecular weight excluding hydrogens is 325 g/mol. The molecular formula is C17H11F3O4.